The molecule has 4 aromatic heterocycles. The minimum atomic E-state index is 0. The number of fused-ring (bicyclic) bond motifs is 6. The molecule has 4 atom stereocenters. The molecule has 0 saturated carbocycles. The predicted molar refractivity (Wildman–Crippen MR) is 314 cm³/mol. The molecule has 2 fully saturated rings. The van der Waals surface area contributed by atoms with E-state index in [0.29, 0.717) is 42.3 Å². The molecule has 12 heteroatoms. The summed E-state index contributed by atoms with van der Waals surface area (Å²) >= 11 is 0. The van der Waals surface area contributed by atoms with E-state index in [1.807, 2.05) is 99.1 Å². The van der Waals surface area contributed by atoms with Crippen molar-refractivity contribution >= 4 is 43.9 Å². The van der Waals surface area contributed by atoms with E-state index >= 15 is 0 Å². The second kappa shape index (κ2) is 27.7. The Morgan fingerprint density at radius 1 is 0.459 bits per heavy atom. The first kappa shape index (κ1) is 58.4. The highest BCUT2D eigenvalue weighted by Gasteiger charge is 2.33. The Balaban J connectivity index is 0.000000164. The lowest BCUT2D eigenvalue weighted by Crippen LogP contribution is -2.36. The van der Waals surface area contributed by atoms with Gasteiger partial charge in [0.15, 0.2) is 0 Å². The van der Waals surface area contributed by atoms with Crippen LogP contribution >= 0.6 is 0 Å². The number of allylic oxidation sites excluding steroid dienone is 4. The average molecular weight is 1000 g/mol. The number of hydrogen-bond donors (Lipinski definition) is 0. The second-order valence-corrected chi connectivity index (χ2v) is 20.9. The van der Waals surface area contributed by atoms with Gasteiger partial charge in [0, 0.05) is 66.3 Å². The summed E-state index contributed by atoms with van der Waals surface area (Å²) in [4.78, 5) is 6.89. The Kier molecular flexibility index (Phi) is 21.9. The van der Waals surface area contributed by atoms with E-state index in [9.17, 15) is 0 Å². The maximum absolute atomic E-state index is 4.43. The molecule has 0 amide bonds. The summed E-state index contributed by atoms with van der Waals surface area (Å²) in [6.45, 7) is 29.8. The first-order valence-electron chi connectivity index (χ1n) is 26.4. The number of para-hydroxylation sites is 2. The molecule has 0 N–H and O–H groups in total. The Labute approximate surface area is 443 Å². The summed E-state index contributed by atoms with van der Waals surface area (Å²) in [6, 6.07) is 36.0. The smallest absolute Gasteiger partial charge is 0.113 e. The maximum Gasteiger partial charge on any atom is 0.113 e. The molecule has 8 aromatic rings. The van der Waals surface area contributed by atoms with Crippen LogP contribution in [-0.4, -0.2) is 97.1 Å². The number of hydrogen-bond acceptors (Lipinski definition) is 8. The summed E-state index contributed by atoms with van der Waals surface area (Å²) < 4.78 is 5.95. The van der Waals surface area contributed by atoms with E-state index in [1.54, 1.807) is 4.80 Å². The fraction of sp³-hybridized carbons (Fsp3) is 0.452. The summed E-state index contributed by atoms with van der Waals surface area (Å²) in [5.74, 6) is 2.37. The predicted octanol–water partition coefficient (Wildman–Crippen LogP) is 14.8. The van der Waals surface area contributed by atoms with Gasteiger partial charge >= 0.3 is 0 Å². The molecule has 2 aliphatic carbocycles. The number of likely N-dealkylation sites (tertiary alicyclic amines) is 2. The molecular weight excluding hydrogens is 913 g/mol. The lowest BCUT2D eigenvalue weighted by Gasteiger charge is -2.29. The molecule has 12 nitrogen and oxygen atoms in total. The van der Waals surface area contributed by atoms with Crippen molar-refractivity contribution < 1.29 is 0 Å². The third-order valence-corrected chi connectivity index (χ3v) is 13.6. The van der Waals surface area contributed by atoms with Gasteiger partial charge < -0.3 is 0 Å². The summed E-state index contributed by atoms with van der Waals surface area (Å²) in [5.41, 5.74) is 6.29. The molecule has 74 heavy (non-hydrogen) atoms. The van der Waals surface area contributed by atoms with Gasteiger partial charge in [0.25, 0.3) is 0 Å². The minimum absolute atomic E-state index is 0. The quantitative estimate of drug-likeness (QED) is 0.162. The standard InChI is InChI=1S/2C11H17N.2C10H12N2.2C9H11N3.2CH4/c1-9(2)12-7-10-5-3-4-6-11(10)8-12;1-9(2)12-8-7-10-5-3-4-6-11(10)12;1-8(2)12-7-9-5-3-4-6-10(9)11-12;1-8(2)12-10-6-4-3-5-9(10)7-11-12;1-7(2)12-9-6-4-3-5-8(9)10-11-12;1-7(2)12-10-8-5-3-4-6-9(8)11-12;;/h2*3-6,9-11H,7-8H2,1-2H3;2*3-8H,1-2H3;2*3-7H,1-2H3;2*1H4. The molecule has 12 rings (SSSR count). The third kappa shape index (κ3) is 15.1. The van der Waals surface area contributed by atoms with Gasteiger partial charge in [-0.15, -0.1) is 5.10 Å². The van der Waals surface area contributed by atoms with Crippen molar-refractivity contribution in [1.29, 1.82) is 0 Å². The van der Waals surface area contributed by atoms with Crippen LogP contribution in [0.3, 0.4) is 0 Å². The van der Waals surface area contributed by atoms with Crippen molar-refractivity contribution in [3.8, 4) is 0 Å². The van der Waals surface area contributed by atoms with Gasteiger partial charge in [0.05, 0.1) is 28.8 Å². The lowest BCUT2D eigenvalue weighted by atomic mass is 9.92. The highest BCUT2D eigenvalue weighted by molar-refractivity contribution is 5.79. The molecule has 6 heterocycles. The van der Waals surface area contributed by atoms with Crippen molar-refractivity contribution in [2.45, 2.75) is 147 Å². The molecule has 2 saturated heterocycles. The van der Waals surface area contributed by atoms with Crippen LogP contribution < -0.4 is 0 Å². The van der Waals surface area contributed by atoms with Gasteiger partial charge in [-0.3, -0.25) is 19.2 Å². The Morgan fingerprint density at radius 3 is 1.51 bits per heavy atom. The van der Waals surface area contributed by atoms with Crippen LogP contribution in [0.25, 0.3) is 43.9 Å². The third-order valence-electron chi connectivity index (χ3n) is 13.6. The second-order valence-electron chi connectivity index (χ2n) is 20.9. The largest absolute Gasteiger partial charge is 0.300 e. The van der Waals surface area contributed by atoms with E-state index in [4.69, 9.17) is 0 Å². The van der Waals surface area contributed by atoms with E-state index in [2.05, 4.69) is 197 Å². The highest BCUT2D eigenvalue weighted by Crippen LogP contribution is 2.31. The van der Waals surface area contributed by atoms with Crippen LogP contribution in [0.4, 0.5) is 0 Å². The topological polar surface area (TPSA) is 104 Å². The highest BCUT2D eigenvalue weighted by atomic mass is 15.5. The normalized spacial score (nSPS) is 18.5. The molecule has 4 aliphatic rings. The lowest BCUT2D eigenvalue weighted by molar-refractivity contribution is 0.223. The van der Waals surface area contributed by atoms with Crippen LogP contribution in [0, 0.1) is 17.8 Å². The first-order valence-corrected chi connectivity index (χ1v) is 26.4. The first-order chi connectivity index (χ1) is 34.7. The van der Waals surface area contributed by atoms with Crippen LogP contribution in [0.15, 0.2) is 158 Å². The van der Waals surface area contributed by atoms with E-state index in [1.165, 1.54) is 42.3 Å². The maximum atomic E-state index is 4.43. The monoisotopic (exact) mass is 1000 g/mol. The molecule has 4 aromatic carbocycles. The van der Waals surface area contributed by atoms with Crippen molar-refractivity contribution in [2.24, 2.45) is 17.8 Å². The van der Waals surface area contributed by atoms with E-state index in [-0.39, 0.29) is 14.9 Å². The Hall–Kier alpha value is -6.50. The Morgan fingerprint density at radius 2 is 0.973 bits per heavy atom. The summed E-state index contributed by atoms with van der Waals surface area (Å²) in [5, 5.41) is 27.9. The number of nitrogens with zero attached hydrogens (tertiary/aromatic N) is 12. The fourth-order valence-electron chi connectivity index (χ4n) is 9.47. The van der Waals surface area contributed by atoms with Crippen molar-refractivity contribution in [3.63, 3.8) is 0 Å². The molecule has 396 valence electrons. The van der Waals surface area contributed by atoms with Crippen LogP contribution in [0.2, 0.25) is 0 Å². The molecule has 0 radical (unpaired) electrons. The van der Waals surface area contributed by atoms with Crippen molar-refractivity contribution in [2.75, 3.05) is 19.6 Å². The zero-order chi connectivity index (χ0) is 51.3. The molecule has 4 unspecified atom stereocenters. The zero-order valence-corrected chi connectivity index (χ0v) is 45.0. The molecule has 2 aliphatic heterocycles. The summed E-state index contributed by atoms with van der Waals surface area (Å²) in [6.07, 6.45) is 23.5. The van der Waals surface area contributed by atoms with Gasteiger partial charge in [0.2, 0.25) is 0 Å². The molecular formula is C62H88N12. The number of rotatable bonds is 6. The number of benzene rings is 4. The van der Waals surface area contributed by atoms with E-state index in [0.717, 1.165) is 45.3 Å². The van der Waals surface area contributed by atoms with Gasteiger partial charge in [0.1, 0.15) is 16.6 Å². The average Bonchev–Trinajstić information content (AvgIpc) is 4.25. The summed E-state index contributed by atoms with van der Waals surface area (Å²) in [7, 11) is 0. The van der Waals surface area contributed by atoms with Gasteiger partial charge in [-0.1, -0.05) is 129 Å². The van der Waals surface area contributed by atoms with Crippen LogP contribution in [0.5, 0.6) is 0 Å². The van der Waals surface area contributed by atoms with Crippen LogP contribution in [0.1, 0.15) is 129 Å². The van der Waals surface area contributed by atoms with E-state index < -0.39 is 0 Å². The van der Waals surface area contributed by atoms with Gasteiger partial charge in [-0.2, -0.15) is 25.2 Å². The number of aromatic nitrogens is 10. The van der Waals surface area contributed by atoms with Gasteiger partial charge in [-0.05, 0) is 150 Å². The van der Waals surface area contributed by atoms with Crippen molar-refractivity contribution in [1.82, 2.24) is 59.3 Å². The Bertz CT molecular complexity index is 2760. The van der Waals surface area contributed by atoms with Crippen LogP contribution in [-0.2, 0) is 0 Å². The zero-order valence-electron chi connectivity index (χ0n) is 45.0. The molecule has 0 bridgehead atoms. The van der Waals surface area contributed by atoms with Gasteiger partial charge in [-0.25, -0.2) is 4.68 Å². The minimum Gasteiger partial charge on any atom is -0.300 e. The molecule has 0 spiro atoms. The van der Waals surface area contributed by atoms with Crippen molar-refractivity contribution in [3.05, 3.63) is 158 Å². The fourth-order valence-corrected chi connectivity index (χ4v) is 9.47. The SMILES string of the molecule is C.C.CC(C)N1CC2C=CC=CC2C1.CC(C)N1CCC2C=CC=CC21.CC(C)n1cc2ccccc2n1.CC(C)n1nc2ccccc2n1.CC(C)n1ncc2ccccc21.CC(C)n1nnc2ccccc21.